The predicted molar refractivity (Wildman–Crippen MR) is 143 cm³/mol. The maximum absolute atomic E-state index is 2.63. The second kappa shape index (κ2) is 11.5. The summed E-state index contributed by atoms with van der Waals surface area (Å²) in [5, 5.41) is 3.68. The minimum atomic E-state index is -1.62. The first-order valence-electron chi connectivity index (χ1n) is 12.8. The van der Waals surface area contributed by atoms with Crippen molar-refractivity contribution in [3.05, 3.63) is 21.9 Å². The molecule has 0 spiro atoms. The van der Waals surface area contributed by atoms with Crippen molar-refractivity contribution in [2.24, 2.45) is 5.92 Å². The molecular weight excluding hydrogens is 417 g/mol. The van der Waals surface area contributed by atoms with Crippen molar-refractivity contribution >= 4 is 41.1 Å². The molecule has 1 unspecified atom stereocenters. The third-order valence-electron chi connectivity index (χ3n) is 7.34. The number of fused-ring (bicyclic) bond motifs is 3. The summed E-state index contributed by atoms with van der Waals surface area (Å²) in [6, 6.07) is 8.26. The molecule has 0 fully saturated rings. The lowest BCUT2D eigenvalue weighted by atomic mass is 10.0. The Kier molecular flexibility index (Phi) is 9.28. The monoisotopic (exact) mass is 460 g/mol. The SMILES string of the molecule is CCCCCCCCC[Si]1(CC(CC)CCCC)c2cc(C)sc2-c2sc(C)cc21. The fraction of sp³-hybridized carbons (Fsp3) is 0.704. The number of rotatable bonds is 14. The summed E-state index contributed by atoms with van der Waals surface area (Å²) in [5.74, 6) is 0.917. The Hall–Kier alpha value is -0.383. The van der Waals surface area contributed by atoms with Gasteiger partial charge in [-0.05, 0) is 54.4 Å². The van der Waals surface area contributed by atoms with E-state index in [1.54, 1.807) is 9.75 Å². The van der Waals surface area contributed by atoms with Crippen LogP contribution < -0.4 is 10.4 Å². The Morgan fingerprint density at radius 1 is 0.733 bits per heavy atom. The molecule has 0 radical (unpaired) electrons. The van der Waals surface area contributed by atoms with Gasteiger partial charge in [0.2, 0.25) is 0 Å². The van der Waals surface area contributed by atoms with E-state index in [9.17, 15) is 0 Å². The molecule has 1 aliphatic rings. The van der Waals surface area contributed by atoms with Gasteiger partial charge in [0.1, 0.15) is 8.07 Å². The average Bonchev–Trinajstić information content (AvgIpc) is 3.36. The maximum atomic E-state index is 2.63. The molecule has 1 atom stereocenters. The van der Waals surface area contributed by atoms with Gasteiger partial charge < -0.3 is 0 Å². The normalized spacial score (nSPS) is 15.4. The van der Waals surface area contributed by atoms with Gasteiger partial charge in [0.15, 0.2) is 0 Å². The molecule has 0 amide bonds. The highest BCUT2D eigenvalue weighted by Gasteiger charge is 2.48. The Balaban J connectivity index is 1.84. The summed E-state index contributed by atoms with van der Waals surface area (Å²) in [7, 11) is -1.62. The van der Waals surface area contributed by atoms with Crippen molar-refractivity contribution in [2.45, 2.75) is 117 Å². The maximum Gasteiger partial charge on any atom is 0.122 e. The molecule has 0 N–H and O–H groups in total. The minimum Gasteiger partial charge on any atom is -0.140 e. The second-order valence-corrected chi connectivity index (χ2v) is 16.4. The molecule has 2 aromatic rings. The van der Waals surface area contributed by atoms with E-state index in [1.807, 2.05) is 10.4 Å². The molecule has 1 aliphatic heterocycles. The Morgan fingerprint density at radius 2 is 1.27 bits per heavy atom. The molecule has 3 heterocycles. The number of unbranched alkanes of at least 4 members (excludes halogenated alkanes) is 7. The number of aryl methyl sites for hydroxylation is 2. The van der Waals surface area contributed by atoms with Gasteiger partial charge in [-0.2, -0.15) is 0 Å². The molecule has 0 saturated heterocycles. The van der Waals surface area contributed by atoms with Crippen LogP contribution in [0.3, 0.4) is 0 Å². The van der Waals surface area contributed by atoms with Gasteiger partial charge in [-0.3, -0.25) is 0 Å². The van der Waals surface area contributed by atoms with Crippen molar-refractivity contribution in [3.63, 3.8) is 0 Å². The van der Waals surface area contributed by atoms with Crippen LogP contribution in [0.5, 0.6) is 0 Å². The Morgan fingerprint density at radius 3 is 1.80 bits per heavy atom. The smallest absolute Gasteiger partial charge is 0.122 e. The van der Waals surface area contributed by atoms with E-state index in [2.05, 4.69) is 69.4 Å². The third kappa shape index (κ3) is 5.32. The van der Waals surface area contributed by atoms with Crippen molar-refractivity contribution < 1.29 is 0 Å². The Labute approximate surface area is 195 Å². The first-order chi connectivity index (χ1) is 14.6. The summed E-state index contributed by atoms with van der Waals surface area (Å²) < 4.78 is 0. The first kappa shape index (κ1) is 24.3. The molecule has 0 aliphatic carbocycles. The van der Waals surface area contributed by atoms with E-state index >= 15 is 0 Å². The zero-order valence-corrected chi connectivity index (χ0v) is 22.9. The molecule has 0 bridgehead atoms. The zero-order chi connectivity index (χ0) is 21.6. The molecule has 30 heavy (non-hydrogen) atoms. The summed E-state index contributed by atoms with van der Waals surface area (Å²) in [6.45, 7) is 11.8. The van der Waals surface area contributed by atoms with Crippen LogP contribution in [0.4, 0.5) is 0 Å². The Bertz CT molecular complexity index is 739. The fourth-order valence-corrected chi connectivity index (χ4v) is 15.4. The van der Waals surface area contributed by atoms with Crippen LogP contribution in [-0.2, 0) is 0 Å². The van der Waals surface area contributed by atoms with Gasteiger partial charge in [-0.15, -0.1) is 22.7 Å². The van der Waals surface area contributed by atoms with Crippen molar-refractivity contribution in [3.8, 4) is 9.75 Å². The summed E-state index contributed by atoms with van der Waals surface area (Å²) >= 11 is 4.17. The van der Waals surface area contributed by atoms with Gasteiger partial charge in [0, 0.05) is 19.5 Å². The topological polar surface area (TPSA) is 0 Å². The largest absolute Gasteiger partial charge is 0.140 e. The molecule has 0 saturated carbocycles. The standard InChI is InChI=1S/C27H44S2Si/c1-6-9-11-12-13-14-15-17-30(20-23(8-3)16-10-7-2)24-18-21(4)28-26(24)27-25(30)19-22(5)29-27/h18-19,23H,6-17,20H2,1-5H3. The lowest BCUT2D eigenvalue weighted by Crippen LogP contribution is -2.55. The van der Waals surface area contributed by atoms with Gasteiger partial charge in [-0.1, -0.05) is 91.4 Å². The summed E-state index contributed by atoms with van der Waals surface area (Å²) in [5.41, 5.74) is 0. The fourth-order valence-electron chi connectivity index (χ4n) is 5.63. The van der Waals surface area contributed by atoms with Crippen molar-refractivity contribution in [2.75, 3.05) is 0 Å². The summed E-state index contributed by atoms with van der Waals surface area (Å²) in [4.78, 5) is 6.44. The first-order valence-corrected chi connectivity index (χ1v) is 16.8. The highest BCUT2D eigenvalue weighted by Crippen LogP contribution is 2.44. The third-order valence-corrected chi connectivity index (χ3v) is 15.3. The van der Waals surface area contributed by atoms with E-state index in [-0.39, 0.29) is 0 Å². The molecule has 0 aromatic carbocycles. The van der Waals surface area contributed by atoms with Crippen LogP contribution in [0.2, 0.25) is 12.1 Å². The van der Waals surface area contributed by atoms with Gasteiger partial charge in [0.25, 0.3) is 0 Å². The molecule has 3 rings (SSSR count). The lowest BCUT2D eigenvalue weighted by Gasteiger charge is -2.33. The molecular formula is C27H44S2Si. The van der Waals surface area contributed by atoms with Crippen LogP contribution in [-0.4, -0.2) is 8.07 Å². The van der Waals surface area contributed by atoms with Crippen LogP contribution in [0.25, 0.3) is 9.75 Å². The molecule has 168 valence electrons. The highest BCUT2D eigenvalue weighted by molar-refractivity contribution is 7.29. The number of thiophene rings is 2. The summed E-state index contributed by atoms with van der Waals surface area (Å²) in [6.07, 6.45) is 15.6. The van der Waals surface area contributed by atoms with Crippen LogP contribution in [0.15, 0.2) is 12.1 Å². The average molecular weight is 461 g/mol. The number of hydrogen-bond donors (Lipinski definition) is 0. The van der Waals surface area contributed by atoms with E-state index in [0.29, 0.717) is 0 Å². The molecule has 3 heteroatoms. The molecule has 2 aromatic heterocycles. The quantitative estimate of drug-likeness (QED) is 0.195. The minimum absolute atomic E-state index is 0.917. The van der Waals surface area contributed by atoms with Gasteiger partial charge >= 0.3 is 0 Å². The predicted octanol–water partition coefficient (Wildman–Crippen LogP) is 8.94. The van der Waals surface area contributed by atoms with E-state index in [0.717, 1.165) is 5.92 Å². The van der Waals surface area contributed by atoms with Crippen molar-refractivity contribution in [1.29, 1.82) is 0 Å². The van der Waals surface area contributed by atoms with Crippen LogP contribution in [0.1, 0.15) is 101 Å². The van der Waals surface area contributed by atoms with Gasteiger partial charge in [0.05, 0.1) is 0 Å². The van der Waals surface area contributed by atoms with E-state index < -0.39 is 8.07 Å². The highest BCUT2D eigenvalue weighted by atomic mass is 32.1. The van der Waals surface area contributed by atoms with Crippen molar-refractivity contribution in [1.82, 2.24) is 0 Å². The van der Waals surface area contributed by atoms with Gasteiger partial charge in [-0.25, -0.2) is 0 Å². The van der Waals surface area contributed by atoms with Crippen LogP contribution in [0, 0.1) is 19.8 Å². The lowest BCUT2D eigenvalue weighted by molar-refractivity contribution is 0.486. The number of hydrogen-bond acceptors (Lipinski definition) is 2. The zero-order valence-electron chi connectivity index (χ0n) is 20.2. The van der Waals surface area contributed by atoms with E-state index in [4.69, 9.17) is 0 Å². The van der Waals surface area contributed by atoms with Crippen LogP contribution >= 0.6 is 22.7 Å². The second-order valence-electron chi connectivity index (χ2n) is 9.77. The van der Waals surface area contributed by atoms with E-state index in [1.165, 1.54) is 92.5 Å². The molecule has 0 nitrogen and oxygen atoms in total.